The predicted octanol–water partition coefficient (Wildman–Crippen LogP) is 4.79. The van der Waals surface area contributed by atoms with Crippen LogP contribution >= 0.6 is 34.7 Å². The fourth-order valence-corrected chi connectivity index (χ4v) is 4.80. The highest BCUT2D eigenvalue weighted by molar-refractivity contribution is 7.99. The van der Waals surface area contributed by atoms with Crippen LogP contribution in [-0.2, 0) is 11.3 Å². The summed E-state index contributed by atoms with van der Waals surface area (Å²) in [4.78, 5) is 29.1. The van der Waals surface area contributed by atoms with Crippen molar-refractivity contribution in [1.82, 2.24) is 25.1 Å². The van der Waals surface area contributed by atoms with E-state index in [1.165, 1.54) is 41.3 Å². The van der Waals surface area contributed by atoms with Crippen LogP contribution in [-0.4, -0.2) is 37.3 Å². The van der Waals surface area contributed by atoms with E-state index in [1.807, 2.05) is 32.0 Å². The van der Waals surface area contributed by atoms with Crippen molar-refractivity contribution >= 4 is 51.6 Å². The van der Waals surface area contributed by atoms with E-state index in [0.717, 1.165) is 16.8 Å². The molecule has 0 spiro atoms. The van der Waals surface area contributed by atoms with Gasteiger partial charge in [0, 0.05) is 11.6 Å². The molecule has 0 fully saturated rings. The zero-order valence-corrected chi connectivity index (χ0v) is 21.1. The minimum Gasteiger partial charge on any atom is -0.345 e. The SMILES string of the molecule is Cc1ccc(C)c(-n2c(CNC(=O)c3c(F)cccc3Cl)nnc2SCC(=O)Nc2nccs2)c1. The van der Waals surface area contributed by atoms with Crippen molar-refractivity contribution in [2.75, 3.05) is 11.1 Å². The van der Waals surface area contributed by atoms with Gasteiger partial charge in [-0.1, -0.05) is 41.6 Å². The molecule has 0 aliphatic heterocycles. The number of amides is 2. The van der Waals surface area contributed by atoms with E-state index >= 15 is 0 Å². The van der Waals surface area contributed by atoms with Crippen LogP contribution in [0.5, 0.6) is 0 Å². The van der Waals surface area contributed by atoms with E-state index in [1.54, 1.807) is 16.1 Å². The molecule has 12 heteroatoms. The number of thiazole rings is 1. The number of rotatable bonds is 8. The van der Waals surface area contributed by atoms with Gasteiger partial charge in [-0.2, -0.15) is 0 Å². The van der Waals surface area contributed by atoms with Gasteiger partial charge in [-0.3, -0.25) is 14.2 Å². The Morgan fingerprint density at radius 2 is 2.03 bits per heavy atom. The van der Waals surface area contributed by atoms with Gasteiger partial charge in [-0.25, -0.2) is 9.37 Å². The number of benzene rings is 2. The van der Waals surface area contributed by atoms with Gasteiger partial charge >= 0.3 is 0 Å². The molecule has 0 atom stereocenters. The molecule has 0 aliphatic carbocycles. The molecule has 2 heterocycles. The molecule has 4 rings (SSSR count). The third kappa shape index (κ3) is 5.87. The highest BCUT2D eigenvalue weighted by atomic mass is 35.5. The van der Waals surface area contributed by atoms with Crippen LogP contribution in [0, 0.1) is 19.7 Å². The Morgan fingerprint density at radius 1 is 1.20 bits per heavy atom. The number of anilines is 1. The summed E-state index contributed by atoms with van der Waals surface area (Å²) in [6.45, 7) is 3.87. The smallest absolute Gasteiger partial charge is 0.256 e. The number of hydrogen-bond acceptors (Lipinski definition) is 7. The summed E-state index contributed by atoms with van der Waals surface area (Å²) in [5, 5.41) is 16.7. The van der Waals surface area contributed by atoms with E-state index in [0.29, 0.717) is 16.1 Å². The average molecular weight is 531 g/mol. The number of nitrogens with one attached hydrogen (secondary N) is 2. The van der Waals surface area contributed by atoms with Gasteiger partial charge in [-0.05, 0) is 43.2 Å². The quantitative estimate of drug-likeness (QED) is 0.317. The Kier molecular flexibility index (Phi) is 7.79. The Labute approximate surface area is 213 Å². The lowest BCUT2D eigenvalue weighted by atomic mass is 10.1. The van der Waals surface area contributed by atoms with E-state index < -0.39 is 11.7 Å². The number of carbonyl (C=O) groups excluding carboxylic acids is 2. The summed E-state index contributed by atoms with van der Waals surface area (Å²) < 4.78 is 15.9. The van der Waals surface area contributed by atoms with Crippen LogP contribution in [0.3, 0.4) is 0 Å². The predicted molar refractivity (Wildman–Crippen MR) is 135 cm³/mol. The van der Waals surface area contributed by atoms with Crippen molar-refractivity contribution < 1.29 is 14.0 Å². The summed E-state index contributed by atoms with van der Waals surface area (Å²) in [7, 11) is 0. The molecule has 0 bridgehead atoms. The van der Waals surface area contributed by atoms with Crippen LogP contribution in [0.4, 0.5) is 9.52 Å². The van der Waals surface area contributed by atoms with E-state index in [4.69, 9.17) is 11.6 Å². The number of aromatic nitrogens is 4. The maximum atomic E-state index is 14.2. The molecular formula is C23H20ClFN6O2S2. The van der Waals surface area contributed by atoms with E-state index in [2.05, 4.69) is 25.8 Å². The largest absolute Gasteiger partial charge is 0.345 e. The molecule has 2 amide bonds. The van der Waals surface area contributed by atoms with E-state index in [-0.39, 0.29) is 28.8 Å². The molecular weight excluding hydrogens is 511 g/mol. The van der Waals surface area contributed by atoms with Crippen molar-refractivity contribution in [3.63, 3.8) is 0 Å². The van der Waals surface area contributed by atoms with Gasteiger partial charge in [0.2, 0.25) is 5.91 Å². The molecule has 8 nitrogen and oxygen atoms in total. The average Bonchev–Trinajstić information content (AvgIpc) is 3.47. The third-order valence-corrected chi connectivity index (χ3v) is 6.85. The Balaban J connectivity index is 1.58. The third-order valence-electron chi connectivity index (χ3n) is 4.91. The highest BCUT2D eigenvalue weighted by Gasteiger charge is 2.20. The van der Waals surface area contributed by atoms with Crippen LogP contribution in [0.1, 0.15) is 27.3 Å². The minimum absolute atomic E-state index is 0.0148. The van der Waals surface area contributed by atoms with Gasteiger partial charge in [0.05, 0.1) is 28.6 Å². The summed E-state index contributed by atoms with van der Waals surface area (Å²) in [5.74, 6) is -1.11. The Hall–Kier alpha value is -3.28. The second-order valence-corrected chi connectivity index (χ2v) is 9.72. The number of halogens is 2. The Morgan fingerprint density at radius 3 is 2.77 bits per heavy atom. The zero-order valence-electron chi connectivity index (χ0n) is 18.7. The molecule has 35 heavy (non-hydrogen) atoms. The van der Waals surface area contributed by atoms with Crippen LogP contribution in [0.15, 0.2) is 53.1 Å². The number of nitrogens with zero attached hydrogens (tertiary/aromatic N) is 4. The lowest BCUT2D eigenvalue weighted by molar-refractivity contribution is -0.113. The maximum Gasteiger partial charge on any atom is 0.256 e. The fourth-order valence-electron chi connectivity index (χ4n) is 3.24. The molecule has 0 saturated carbocycles. The standard InChI is InChI=1S/C23H20ClFN6O2S2/c1-13-6-7-14(2)17(10-13)31-18(11-27-21(33)20-15(24)4-3-5-16(20)25)29-30-23(31)35-12-19(32)28-22-26-8-9-34-22/h3-10H,11-12H2,1-2H3,(H,27,33)(H,26,28,32). The summed E-state index contributed by atoms with van der Waals surface area (Å²) in [6.07, 6.45) is 1.61. The van der Waals surface area contributed by atoms with Crippen molar-refractivity contribution in [3.05, 3.63) is 81.3 Å². The van der Waals surface area contributed by atoms with Gasteiger partial charge in [-0.15, -0.1) is 21.5 Å². The summed E-state index contributed by atoms with van der Waals surface area (Å²) in [5.41, 5.74) is 2.55. The van der Waals surface area contributed by atoms with Crippen LogP contribution in [0.25, 0.3) is 5.69 Å². The Bertz CT molecular complexity index is 1360. The first-order chi connectivity index (χ1) is 16.8. The second kappa shape index (κ2) is 11.0. The summed E-state index contributed by atoms with van der Waals surface area (Å²) in [6, 6.07) is 9.97. The number of aryl methyl sites for hydroxylation is 2. The maximum absolute atomic E-state index is 14.2. The van der Waals surface area contributed by atoms with Gasteiger partial charge in [0.15, 0.2) is 16.1 Å². The van der Waals surface area contributed by atoms with Crippen molar-refractivity contribution in [2.45, 2.75) is 25.5 Å². The van der Waals surface area contributed by atoms with Gasteiger partial charge < -0.3 is 10.6 Å². The zero-order chi connectivity index (χ0) is 24.9. The van der Waals surface area contributed by atoms with E-state index in [9.17, 15) is 14.0 Å². The van der Waals surface area contributed by atoms with Crippen LogP contribution < -0.4 is 10.6 Å². The molecule has 0 aliphatic rings. The molecule has 4 aromatic rings. The minimum atomic E-state index is -0.714. The second-order valence-electron chi connectivity index (χ2n) is 7.48. The van der Waals surface area contributed by atoms with Crippen LogP contribution in [0.2, 0.25) is 5.02 Å². The topological polar surface area (TPSA) is 102 Å². The number of thioether (sulfide) groups is 1. The monoisotopic (exact) mass is 530 g/mol. The number of hydrogen-bond donors (Lipinski definition) is 2. The molecule has 2 aromatic heterocycles. The molecule has 180 valence electrons. The van der Waals surface area contributed by atoms with Crippen molar-refractivity contribution in [3.8, 4) is 5.69 Å². The van der Waals surface area contributed by atoms with Gasteiger partial charge in [0.25, 0.3) is 5.91 Å². The summed E-state index contributed by atoms with van der Waals surface area (Å²) >= 11 is 8.55. The molecule has 2 N–H and O–H groups in total. The normalized spacial score (nSPS) is 10.9. The lowest BCUT2D eigenvalue weighted by Crippen LogP contribution is -2.26. The fraction of sp³-hybridized carbons (Fsp3) is 0.174. The first-order valence-corrected chi connectivity index (χ1v) is 12.6. The molecule has 0 saturated heterocycles. The van der Waals surface area contributed by atoms with Crippen molar-refractivity contribution in [2.24, 2.45) is 0 Å². The van der Waals surface area contributed by atoms with Crippen molar-refractivity contribution in [1.29, 1.82) is 0 Å². The first kappa shape index (κ1) is 24.8. The molecule has 0 radical (unpaired) electrons. The highest BCUT2D eigenvalue weighted by Crippen LogP contribution is 2.26. The lowest BCUT2D eigenvalue weighted by Gasteiger charge is -2.14. The molecule has 2 aromatic carbocycles. The number of carbonyl (C=O) groups is 2. The molecule has 0 unspecified atom stereocenters. The first-order valence-electron chi connectivity index (χ1n) is 10.4. The van der Waals surface area contributed by atoms with Gasteiger partial charge in [0.1, 0.15) is 5.82 Å².